The Bertz CT molecular complexity index is 1240. The van der Waals surface area contributed by atoms with Gasteiger partial charge < -0.3 is 15.8 Å². The van der Waals surface area contributed by atoms with Crippen LogP contribution in [-0.2, 0) is 9.53 Å². The molecule has 10 nitrogen and oxygen atoms in total. The van der Waals surface area contributed by atoms with E-state index in [2.05, 4.69) is 20.6 Å². The van der Waals surface area contributed by atoms with Gasteiger partial charge in [0.25, 0.3) is 5.91 Å². The minimum Gasteiger partial charge on any atom is -0.364 e. The predicted octanol–water partition coefficient (Wildman–Crippen LogP) is 3.70. The SMILES string of the molecule is NC(=O)c1[nH]ncc1NC(=O)[C@@H]1CCCC[C@H]1C(=O)c1ccc(-c2ccnn2[C@H]2CCCCO2)cc1. The van der Waals surface area contributed by atoms with Crippen LogP contribution in [0.4, 0.5) is 5.69 Å². The van der Waals surface area contributed by atoms with Crippen molar-refractivity contribution in [3.05, 3.63) is 54.0 Å². The van der Waals surface area contributed by atoms with Crippen LogP contribution in [0.3, 0.4) is 0 Å². The molecule has 3 heterocycles. The van der Waals surface area contributed by atoms with Crippen molar-refractivity contribution in [2.75, 3.05) is 11.9 Å². The van der Waals surface area contributed by atoms with E-state index >= 15 is 0 Å². The molecule has 2 aliphatic rings. The summed E-state index contributed by atoms with van der Waals surface area (Å²) in [6, 6.07) is 9.44. The highest BCUT2D eigenvalue weighted by atomic mass is 16.5. The number of benzene rings is 1. The molecular weight excluding hydrogens is 460 g/mol. The third kappa shape index (κ3) is 4.81. The number of hydrogen-bond donors (Lipinski definition) is 3. The second-order valence-corrected chi connectivity index (χ2v) is 9.43. The molecule has 3 atom stereocenters. The number of carbonyl (C=O) groups is 3. The number of primary amides is 1. The van der Waals surface area contributed by atoms with E-state index in [1.807, 2.05) is 35.0 Å². The fraction of sp³-hybridized carbons (Fsp3) is 0.423. The molecule has 188 valence electrons. The molecule has 1 aliphatic heterocycles. The summed E-state index contributed by atoms with van der Waals surface area (Å²) in [6.45, 7) is 0.734. The van der Waals surface area contributed by atoms with Crippen LogP contribution in [0.2, 0.25) is 0 Å². The van der Waals surface area contributed by atoms with E-state index in [4.69, 9.17) is 10.5 Å². The van der Waals surface area contributed by atoms with Gasteiger partial charge in [-0.3, -0.25) is 19.5 Å². The molecule has 2 amide bonds. The summed E-state index contributed by atoms with van der Waals surface area (Å²) in [5, 5.41) is 13.5. The van der Waals surface area contributed by atoms with Crippen molar-refractivity contribution in [2.45, 2.75) is 51.2 Å². The molecule has 4 N–H and O–H groups in total. The third-order valence-corrected chi connectivity index (χ3v) is 7.15. The van der Waals surface area contributed by atoms with Crippen LogP contribution in [-0.4, -0.2) is 44.2 Å². The van der Waals surface area contributed by atoms with Gasteiger partial charge in [-0.2, -0.15) is 10.2 Å². The Morgan fingerprint density at radius 3 is 2.47 bits per heavy atom. The van der Waals surface area contributed by atoms with Crippen LogP contribution in [0.1, 0.15) is 72.0 Å². The van der Waals surface area contributed by atoms with Crippen LogP contribution in [0, 0.1) is 11.8 Å². The summed E-state index contributed by atoms with van der Waals surface area (Å²) < 4.78 is 7.81. The molecule has 10 heteroatoms. The van der Waals surface area contributed by atoms with Crippen molar-refractivity contribution in [3.63, 3.8) is 0 Å². The van der Waals surface area contributed by atoms with Gasteiger partial charge in [-0.1, -0.05) is 37.1 Å². The standard InChI is InChI=1S/C26H30N6O4/c27-25(34)23-20(15-28-31-23)30-26(35)19-6-2-1-5-18(19)24(33)17-10-8-16(9-11-17)21-12-13-29-32(21)22-7-3-4-14-36-22/h8-13,15,18-19,22H,1-7,14H2,(H2,27,34)(H,28,31)(H,30,35)/t18-,19-,22-/m1/s1. The number of nitrogens with two attached hydrogens (primary N) is 1. The number of ether oxygens (including phenoxy) is 1. The largest absolute Gasteiger partial charge is 0.364 e. The molecule has 1 saturated heterocycles. The monoisotopic (exact) mass is 490 g/mol. The van der Waals surface area contributed by atoms with Crippen LogP contribution in [0.5, 0.6) is 0 Å². The second kappa shape index (κ2) is 10.4. The Labute approximate surface area is 208 Å². The predicted molar refractivity (Wildman–Crippen MR) is 132 cm³/mol. The number of carbonyl (C=O) groups excluding carboxylic acids is 3. The molecule has 1 saturated carbocycles. The minimum absolute atomic E-state index is 0.0375. The molecule has 0 radical (unpaired) electrons. The van der Waals surface area contributed by atoms with Crippen molar-refractivity contribution < 1.29 is 19.1 Å². The fourth-order valence-corrected chi connectivity index (χ4v) is 5.26. The summed E-state index contributed by atoms with van der Waals surface area (Å²) >= 11 is 0. The lowest BCUT2D eigenvalue weighted by Crippen LogP contribution is -2.36. The number of nitrogens with one attached hydrogen (secondary N) is 2. The van der Waals surface area contributed by atoms with Crippen LogP contribution >= 0.6 is 0 Å². The Morgan fingerprint density at radius 1 is 1.00 bits per heavy atom. The normalized spacial score (nSPS) is 22.2. The van der Waals surface area contributed by atoms with Crippen LogP contribution in [0.25, 0.3) is 11.3 Å². The summed E-state index contributed by atoms with van der Waals surface area (Å²) in [6.07, 6.45) is 9.13. The van der Waals surface area contributed by atoms with Gasteiger partial charge in [0.05, 0.1) is 17.6 Å². The number of aromatic nitrogens is 4. The van der Waals surface area contributed by atoms with Gasteiger partial charge in [-0.05, 0) is 43.7 Å². The summed E-state index contributed by atoms with van der Waals surface area (Å²) in [7, 11) is 0. The Balaban J connectivity index is 1.31. The average Bonchev–Trinajstić information content (AvgIpc) is 3.59. The molecule has 1 aliphatic carbocycles. The molecule has 0 spiro atoms. The van der Waals surface area contributed by atoms with E-state index in [1.165, 1.54) is 6.20 Å². The smallest absolute Gasteiger partial charge is 0.268 e. The van der Waals surface area contributed by atoms with E-state index in [9.17, 15) is 14.4 Å². The van der Waals surface area contributed by atoms with Crippen molar-refractivity contribution in [1.82, 2.24) is 20.0 Å². The van der Waals surface area contributed by atoms with E-state index in [-0.39, 0.29) is 29.3 Å². The molecule has 36 heavy (non-hydrogen) atoms. The number of ketones is 1. The minimum atomic E-state index is -0.712. The quantitative estimate of drug-likeness (QED) is 0.431. The number of nitrogens with zero attached hydrogens (tertiary/aromatic N) is 3. The van der Waals surface area contributed by atoms with Gasteiger partial charge in [0.2, 0.25) is 5.91 Å². The Morgan fingerprint density at radius 2 is 1.75 bits per heavy atom. The first-order chi connectivity index (χ1) is 17.5. The van der Waals surface area contributed by atoms with Gasteiger partial charge in [0.1, 0.15) is 5.69 Å². The summed E-state index contributed by atoms with van der Waals surface area (Å²) in [4.78, 5) is 38.2. The summed E-state index contributed by atoms with van der Waals surface area (Å²) in [5.41, 5.74) is 8.08. The van der Waals surface area contributed by atoms with E-state index in [0.29, 0.717) is 18.4 Å². The van der Waals surface area contributed by atoms with Gasteiger partial charge in [-0.25, -0.2) is 4.68 Å². The maximum absolute atomic E-state index is 13.5. The number of anilines is 1. The molecule has 0 bridgehead atoms. The second-order valence-electron chi connectivity index (χ2n) is 9.43. The average molecular weight is 491 g/mol. The van der Waals surface area contributed by atoms with Crippen molar-refractivity contribution in [2.24, 2.45) is 17.6 Å². The van der Waals surface area contributed by atoms with Crippen LogP contribution < -0.4 is 11.1 Å². The number of Topliss-reactive ketones (excluding diaryl/α,β-unsaturated/α-hetero) is 1. The maximum atomic E-state index is 13.5. The first-order valence-corrected chi connectivity index (χ1v) is 12.5. The lowest BCUT2D eigenvalue weighted by molar-refractivity contribution is -0.122. The number of amides is 2. The first kappa shape index (κ1) is 23.9. The summed E-state index contributed by atoms with van der Waals surface area (Å²) in [5.74, 6) is -1.99. The highest BCUT2D eigenvalue weighted by Crippen LogP contribution is 2.35. The van der Waals surface area contributed by atoms with Crippen molar-refractivity contribution >= 4 is 23.3 Å². The highest BCUT2D eigenvalue weighted by Gasteiger charge is 2.36. The zero-order chi connectivity index (χ0) is 25.1. The van der Waals surface area contributed by atoms with E-state index in [0.717, 1.165) is 50.0 Å². The molecule has 3 aromatic rings. The molecule has 2 aromatic heterocycles. The molecule has 1 aromatic carbocycles. The molecular formula is C26H30N6O4. The van der Waals surface area contributed by atoms with Gasteiger partial charge >= 0.3 is 0 Å². The first-order valence-electron chi connectivity index (χ1n) is 12.5. The molecule has 5 rings (SSSR count). The Kier molecular flexibility index (Phi) is 6.95. The number of aromatic amines is 1. The Hall–Kier alpha value is -3.79. The fourth-order valence-electron chi connectivity index (χ4n) is 5.26. The van der Waals surface area contributed by atoms with Crippen molar-refractivity contribution in [3.8, 4) is 11.3 Å². The topological polar surface area (TPSA) is 145 Å². The zero-order valence-corrected chi connectivity index (χ0v) is 20.0. The number of rotatable bonds is 7. The number of hydrogen-bond acceptors (Lipinski definition) is 6. The lowest BCUT2D eigenvalue weighted by Gasteiger charge is -2.29. The third-order valence-electron chi connectivity index (χ3n) is 7.15. The highest BCUT2D eigenvalue weighted by molar-refractivity contribution is 6.05. The van der Waals surface area contributed by atoms with Gasteiger partial charge in [-0.15, -0.1) is 0 Å². The van der Waals surface area contributed by atoms with E-state index < -0.39 is 17.7 Å². The zero-order valence-electron chi connectivity index (χ0n) is 20.0. The lowest BCUT2D eigenvalue weighted by atomic mass is 9.75. The number of H-pyrrole nitrogens is 1. The maximum Gasteiger partial charge on any atom is 0.268 e. The molecule has 0 unspecified atom stereocenters. The molecule has 2 fully saturated rings. The van der Waals surface area contributed by atoms with E-state index in [1.54, 1.807) is 6.20 Å². The van der Waals surface area contributed by atoms with Gasteiger partial charge in [0.15, 0.2) is 12.0 Å². The van der Waals surface area contributed by atoms with Gasteiger partial charge in [0, 0.05) is 30.2 Å². The van der Waals surface area contributed by atoms with Crippen molar-refractivity contribution in [1.29, 1.82) is 0 Å². The van der Waals surface area contributed by atoms with Crippen LogP contribution in [0.15, 0.2) is 42.7 Å².